The van der Waals surface area contributed by atoms with Gasteiger partial charge in [-0.3, -0.25) is 24.1 Å². The highest BCUT2D eigenvalue weighted by atomic mass is 16.5. The van der Waals surface area contributed by atoms with Crippen LogP contribution in [0.25, 0.3) is 0 Å². The van der Waals surface area contributed by atoms with Gasteiger partial charge in [0, 0.05) is 31.6 Å². The minimum Gasteiger partial charge on any atom is -0.426 e. The minimum absolute atomic E-state index is 0.0757. The lowest BCUT2D eigenvalue weighted by Gasteiger charge is -2.29. The smallest absolute Gasteiger partial charge is 0.325 e. The summed E-state index contributed by atoms with van der Waals surface area (Å²) in [5.41, 5.74) is 2.87. The summed E-state index contributed by atoms with van der Waals surface area (Å²) in [6.07, 6.45) is 0.571. The zero-order valence-electron chi connectivity index (χ0n) is 20.9. The zero-order chi connectivity index (χ0) is 26.5. The van der Waals surface area contributed by atoms with Gasteiger partial charge in [-0.1, -0.05) is 24.3 Å². The highest BCUT2D eigenvalue weighted by Gasteiger charge is 2.38. The van der Waals surface area contributed by atoms with Gasteiger partial charge in [0.2, 0.25) is 0 Å². The summed E-state index contributed by atoms with van der Waals surface area (Å²) >= 11 is 0. The predicted octanol–water partition coefficient (Wildman–Crippen LogP) is 1.80. The number of Topliss-reactive ketones (excluding diaryl/α,β-unsaturated/α-hetero) is 2. The van der Waals surface area contributed by atoms with Crippen molar-refractivity contribution in [3.05, 3.63) is 64.7 Å². The van der Waals surface area contributed by atoms with Crippen molar-refractivity contribution in [2.24, 2.45) is 0 Å². The third kappa shape index (κ3) is 6.59. The van der Waals surface area contributed by atoms with Crippen molar-refractivity contribution >= 4 is 29.5 Å². The van der Waals surface area contributed by atoms with E-state index < -0.39 is 6.04 Å². The summed E-state index contributed by atoms with van der Waals surface area (Å²) in [4.78, 5) is 64.3. The standard InChI is InChI=1S/C27H30N4O6/c1-30(2)16-25(34)37-21-5-3-4-17(10-21)13-28-27(36)29-14-18-6-7-19-15-31(26(35)22(19)11-18)23-9-8-20(32)12-24(23)33/h3-7,10-11,23H,8-9,12-16H2,1-2H3,(H2,28,29,36). The van der Waals surface area contributed by atoms with Gasteiger partial charge < -0.3 is 20.3 Å². The number of ether oxygens (including phenoxy) is 1. The van der Waals surface area contributed by atoms with Crippen LogP contribution in [0.1, 0.15) is 46.3 Å². The van der Waals surface area contributed by atoms with E-state index in [1.54, 1.807) is 48.2 Å². The molecule has 3 amide bonds. The third-order valence-corrected chi connectivity index (χ3v) is 6.30. The Labute approximate surface area is 214 Å². The molecule has 1 aliphatic heterocycles. The van der Waals surface area contributed by atoms with Crippen LogP contribution in [-0.4, -0.2) is 66.0 Å². The number of amides is 3. The summed E-state index contributed by atoms with van der Waals surface area (Å²) in [7, 11) is 3.55. The maximum atomic E-state index is 13.0. The SMILES string of the molecule is CN(C)CC(=O)Oc1cccc(CNC(=O)NCc2ccc3c(c2)C(=O)N(C2CCC(=O)CC2=O)C3)c1. The number of nitrogens with zero attached hydrogens (tertiary/aromatic N) is 2. The second-order valence-electron chi connectivity index (χ2n) is 9.56. The van der Waals surface area contributed by atoms with Gasteiger partial charge in [0.1, 0.15) is 11.5 Å². The van der Waals surface area contributed by atoms with Crippen molar-refractivity contribution in [2.75, 3.05) is 20.6 Å². The molecule has 1 aliphatic carbocycles. The van der Waals surface area contributed by atoms with Crippen molar-refractivity contribution in [1.82, 2.24) is 20.4 Å². The Kier molecular flexibility index (Phi) is 7.98. The van der Waals surface area contributed by atoms with Crippen LogP contribution >= 0.6 is 0 Å². The predicted molar refractivity (Wildman–Crippen MR) is 134 cm³/mol. The highest BCUT2D eigenvalue weighted by Crippen LogP contribution is 2.29. The van der Waals surface area contributed by atoms with Gasteiger partial charge in [-0.2, -0.15) is 0 Å². The molecular formula is C27H30N4O6. The average Bonchev–Trinajstić information content (AvgIpc) is 3.16. The quantitative estimate of drug-likeness (QED) is 0.318. The number of carbonyl (C=O) groups is 5. The fourth-order valence-electron chi connectivity index (χ4n) is 4.49. The van der Waals surface area contributed by atoms with Crippen molar-refractivity contribution in [2.45, 2.75) is 44.9 Å². The first-order valence-corrected chi connectivity index (χ1v) is 12.1. The molecule has 10 heteroatoms. The van der Waals surface area contributed by atoms with E-state index in [4.69, 9.17) is 4.74 Å². The van der Waals surface area contributed by atoms with Gasteiger partial charge in [0.25, 0.3) is 5.91 Å². The molecule has 0 radical (unpaired) electrons. The second kappa shape index (κ2) is 11.3. The van der Waals surface area contributed by atoms with E-state index >= 15 is 0 Å². The molecule has 194 valence electrons. The second-order valence-corrected chi connectivity index (χ2v) is 9.56. The number of rotatable bonds is 8. The first-order chi connectivity index (χ1) is 17.7. The first kappa shape index (κ1) is 26.0. The normalized spacial score (nSPS) is 17.1. The fraction of sp³-hybridized carbons (Fsp3) is 0.370. The number of likely N-dealkylation sites (N-methyl/N-ethyl adjacent to an activating group) is 1. The molecule has 1 heterocycles. The summed E-state index contributed by atoms with van der Waals surface area (Å²) < 4.78 is 5.31. The van der Waals surface area contributed by atoms with E-state index in [2.05, 4.69) is 10.6 Å². The Morgan fingerprint density at radius 2 is 1.76 bits per heavy atom. The number of ketones is 2. The zero-order valence-corrected chi connectivity index (χ0v) is 20.9. The van der Waals surface area contributed by atoms with Crippen LogP contribution in [0.5, 0.6) is 5.75 Å². The topological polar surface area (TPSA) is 125 Å². The van der Waals surface area contributed by atoms with Gasteiger partial charge in [0.05, 0.1) is 19.0 Å². The van der Waals surface area contributed by atoms with Crippen molar-refractivity contribution in [3.8, 4) is 5.75 Å². The highest BCUT2D eigenvalue weighted by molar-refractivity contribution is 6.07. The maximum absolute atomic E-state index is 13.0. The first-order valence-electron chi connectivity index (χ1n) is 12.1. The van der Waals surface area contributed by atoms with Crippen LogP contribution in [0.3, 0.4) is 0 Å². The molecular weight excluding hydrogens is 476 g/mol. The number of urea groups is 1. The largest absolute Gasteiger partial charge is 0.426 e. The molecule has 2 N–H and O–H groups in total. The lowest BCUT2D eigenvalue weighted by molar-refractivity contribution is -0.135. The van der Waals surface area contributed by atoms with Gasteiger partial charge in [0.15, 0.2) is 5.78 Å². The van der Waals surface area contributed by atoms with E-state index in [9.17, 15) is 24.0 Å². The molecule has 37 heavy (non-hydrogen) atoms. The summed E-state index contributed by atoms with van der Waals surface area (Å²) in [6.45, 7) is 0.958. The van der Waals surface area contributed by atoms with E-state index in [0.29, 0.717) is 30.7 Å². The number of fused-ring (bicyclic) bond motifs is 1. The average molecular weight is 507 g/mol. The molecule has 2 aliphatic rings. The molecule has 0 spiro atoms. The molecule has 0 saturated heterocycles. The molecule has 2 aromatic carbocycles. The number of benzene rings is 2. The number of hydrogen-bond acceptors (Lipinski definition) is 7. The molecule has 1 fully saturated rings. The van der Waals surface area contributed by atoms with Crippen molar-refractivity contribution in [1.29, 1.82) is 0 Å². The third-order valence-electron chi connectivity index (χ3n) is 6.30. The van der Waals surface area contributed by atoms with Gasteiger partial charge in [-0.05, 0) is 55.4 Å². The molecule has 4 rings (SSSR count). The van der Waals surface area contributed by atoms with Crippen LogP contribution in [-0.2, 0) is 34.0 Å². The summed E-state index contributed by atoms with van der Waals surface area (Å²) in [5.74, 6) is -0.462. The number of nitrogens with one attached hydrogen (secondary N) is 2. The monoisotopic (exact) mass is 506 g/mol. The van der Waals surface area contributed by atoms with Crippen LogP contribution < -0.4 is 15.4 Å². The van der Waals surface area contributed by atoms with Gasteiger partial charge in [-0.25, -0.2) is 4.79 Å². The minimum atomic E-state index is -0.556. The number of esters is 1. The lowest BCUT2D eigenvalue weighted by Crippen LogP contribution is -2.44. The van der Waals surface area contributed by atoms with Crippen LogP contribution in [0.15, 0.2) is 42.5 Å². The number of hydrogen-bond donors (Lipinski definition) is 2. The maximum Gasteiger partial charge on any atom is 0.325 e. The van der Waals surface area contributed by atoms with Gasteiger partial charge in [-0.15, -0.1) is 0 Å². The van der Waals surface area contributed by atoms with E-state index in [0.717, 1.165) is 16.7 Å². The molecule has 0 bridgehead atoms. The number of carbonyl (C=O) groups excluding carboxylic acids is 5. The summed E-state index contributed by atoms with van der Waals surface area (Å²) in [6, 6.07) is 11.4. The summed E-state index contributed by atoms with van der Waals surface area (Å²) in [5, 5.41) is 5.54. The molecule has 1 saturated carbocycles. The Hall–Kier alpha value is -4.05. The van der Waals surface area contributed by atoms with Crippen molar-refractivity contribution in [3.63, 3.8) is 0 Å². The Morgan fingerprint density at radius 1 is 1.03 bits per heavy atom. The van der Waals surface area contributed by atoms with E-state index in [1.165, 1.54) is 0 Å². The molecule has 0 aromatic heterocycles. The van der Waals surface area contributed by atoms with Crippen molar-refractivity contribution < 1.29 is 28.7 Å². The Bertz CT molecular complexity index is 1240. The molecule has 2 aromatic rings. The molecule has 10 nitrogen and oxygen atoms in total. The fourth-order valence-corrected chi connectivity index (χ4v) is 4.49. The van der Waals surface area contributed by atoms with Crippen LogP contribution in [0.4, 0.5) is 4.79 Å². The van der Waals surface area contributed by atoms with E-state index in [1.807, 2.05) is 18.2 Å². The van der Waals surface area contributed by atoms with E-state index in [-0.39, 0.29) is 55.5 Å². The lowest BCUT2D eigenvalue weighted by atomic mass is 9.92. The Balaban J connectivity index is 1.28. The molecule has 1 unspecified atom stereocenters. The molecule has 1 atom stereocenters. The van der Waals surface area contributed by atoms with Gasteiger partial charge >= 0.3 is 12.0 Å². The van der Waals surface area contributed by atoms with Crippen LogP contribution in [0, 0.1) is 0 Å². The van der Waals surface area contributed by atoms with Crippen LogP contribution in [0.2, 0.25) is 0 Å². The Morgan fingerprint density at radius 3 is 2.46 bits per heavy atom.